The van der Waals surface area contributed by atoms with E-state index in [0.717, 1.165) is 4.90 Å². The molecule has 1 saturated heterocycles. The molecule has 1 aromatic heterocycles. The summed E-state index contributed by atoms with van der Waals surface area (Å²) in [4.78, 5) is 53.3. The number of primary amides is 1. The second-order valence-electron chi connectivity index (χ2n) is 5.83. The van der Waals surface area contributed by atoms with E-state index in [4.69, 9.17) is 10.2 Å². The molecule has 158 valence electrons. The zero-order valence-corrected chi connectivity index (χ0v) is 17.9. The number of furan rings is 1. The maximum atomic E-state index is 12.6. The molecule has 3 amide bonds. The van der Waals surface area contributed by atoms with Gasteiger partial charge in [0, 0.05) is 11.3 Å². The first-order chi connectivity index (χ1) is 13.8. The van der Waals surface area contributed by atoms with Crippen LogP contribution in [0, 0.1) is 0 Å². The van der Waals surface area contributed by atoms with Crippen LogP contribution >= 0.6 is 11.8 Å². The van der Waals surface area contributed by atoms with E-state index < -0.39 is 35.3 Å². The number of aliphatic carboxylic acids is 1. The van der Waals surface area contributed by atoms with Crippen LogP contribution in [0.25, 0.3) is 0 Å². The number of ether oxygens (including phenoxy) is 1. The van der Waals surface area contributed by atoms with Gasteiger partial charge in [0.2, 0.25) is 5.71 Å². The Morgan fingerprint density at radius 1 is 1.50 bits per heavy atom. The number of carboxylic acid groups (broad SMARTS) is 1. The summed E-state index contributed by atoms with van der Waals surface area (Å²) in [5, 5.41) is 15.0. The van der Waals surface area contributed by atoms with Crippen LogP contribution in [-0.2, 0) is 24.0 Å². The third-order valence-corrected chi connectivity index (χ3v) is 5.42. The molecule has 0 aliphatic carbocycles. The Bertz CT molecular complexity index is 927. The Morgan fingerprint density at radius 2 is 2.23 bits per heavy atom. The van der Waals surface area contributed by atoms with Crippen molar-refractivity contribution >= 4 is 64.4 Å². The van der Waals surface area contributed by atoms with Gasteiger partial charge in [-0.15, -0.1) is 11.8 Å². The van der Waals surface area contributed by atoms with E-state index >= 15 is 0 Å². The summed E-state index contributed by atoms with van der Waals surface area (Å²) >= 11 is 1.21. The number of carbonyl (C=O) groups excluding carboxylic acids is 3. The maximum absolute atomic E-state index is 12.6. The molecule has 2 aliphatic heterocycles. The Balaban J connectivity index is 0.00000320. The molecule has 2 atom stereocenters. The predicted octanol–water partition coefficient (Wildman–Crippen LogP) is -0.692. The van der Waals surface area contributed by atoms with Crippen LogP contribution in [0.1, 0.15) is 8.61 Å². The first-order valence-electron chi connectivity index (χ1n) is 8.13. The van der Waals surface area contributed by atoms with E-state index in [0.29, 0.717) is 0 Å². The summed E-state index contributed by atoms with van der Waals surface area (Å²) in [5.74, 6) is -2.38. The van der Waals surface area contributed by atoms with Crippen molar-refractivity contribution in [3.05, 3.63) is 35.4 Å². The van der Waals surface area contributed by atoms with E-state index in [1.165, 1.54) is 31.2 Å². The van der Waals surface area contributed by atoms with Gasteiger partial charge in [-0.05, 0) is 12.1 Å². The second-order valence-corrected chi connectivity index (χ2v) is 6.93. The van der Waals surface area contributed by atoms with Crippen LogP contribution < -0.4 is 11.1 Å². The quantitative estimate of drug-likeness (QED) is 0.210. The van der Waals surface area contributed by atoms with Crippen molar-refractivity contribution in [1.29, 1.82) is 0 Å². The predicted molar refractivity (Wildman–Crippen MR) is 105 cm³/mol. The van der Waals surface area contributed by atoms with Gasteiger partial charge in [-0.25, -0.2) is 9.59 Å². The molecule has 3 rings (SSSR count). The Morgan fingerprint density at radius 3 is 2.80 bits per heavy atom. The van der Waals surface area contributed by atoms with Crippen LogP contribution in [-0.4, -0.2) is 93.5 Å². The first kappa shape index (κ1) is 23.6. The van der Waals surface area contributed by atoms with Gasteiger partial charge in [-0.2, -0.15) is 0 Å². The average molecular weight is 451 g/mol. The number of rotatable bonds is 7. The maximum Gasteiger partial charge on any atom is 2.00 e. The fourth-order valence-electron chi connectivity index (χ4n) is 2.87. The third kappa shape index (κ3) is 4.54. The molecule has 1 fully saturated rings. The fraction of sp³-hybridized carbons (Fsp3) is 0.312. The monoisotopic (exact) mass is 450 g/mol. The number of hydrogen-bond acceptors (Lipinski definition) is 9. The van der Waals surface area contributed by atoms with Gasteiger partial charge in [0.05, 0.1) is 6.26 Å². The molecule has 2 aliphatic rings. The van der Waals surface area contributed by atoms with Gasteiger partial charge in [-0.1, -0.05) is 5.16 Å². The third-order valence-electron chi connectivity index (χ3n) is 4.08. The molecule has 0 spiro atoms. The number of thioether (sulfide) groups is 1. The number of nitrogens with zero attached hydrogens (tertiary/aromatic N) is 2. The minimum atomic E-state index is -1.35. The van der Waals surface area contributed by atoms with Crippen LogP contribution in [0.4, 0.5) is 4.79 Å². The van der Waals surface area contributed by atoms with E-state index in [1.807, 2.05) is 0 Å². The normalized spacial score (nSPS) is 20.5. The second kappa shape index (κ2) is 9.86. The first-order valence-corrected chi connectivity index (χ1v) is 9.18. The summed E-state index contributed by atoms with van der Waals surface area (Å²) in [6.07, 6.45) is 0.290. The Hall–Kier alpha value is -2.71. The van der Waals surface area contributed by atoms with Gasteiger partial charge in [0.15, 0.2) is 5.76 Å². The summed E-state index contributed by atoms with van der Waals surface area (Å²) in [6, 6.07) is 2.08. The van der Waals surface area contributed by atoms with Crippen LogP contribution in [0.5, 0.6) is 0 Å². The Labute approximate surface area is 192 Å². The van der Waals surface area contributed by atoms with Gasteiger partial charge >= 0.3 is 35.1 Å². The molecule has 3 heterocycles. The summed E-state index contributed by atoms with van der Waals surface area (Å²) in [7, 11) is 1.25. The standard InChI is InChI=1S/C16H16N4O8S.Mg.2H/c1-26-19-9(8-3-2-4-27-8)12(21)18-10-13(22)20-11(15(23)24)7(5-28-16(17)25)6-29-14(10)20;;;/h2-4,10,14H,5-6H2,1H3,(H2,17,25)(H,18,21)(H,23,24);;;/q;+2;2*-1/b19-9+;;;/t10-,14-;;;/m1.../s1. The van der Waals surface area contributed by atoms with Crippen molar-refractivity contribution in [3.63, 3.8) is 0 Å². The molecule has 0 bridgehead atoms. The summed E-state index contributed by atoms with van der Waals surface area (Å²) in [6.45, 7) is -0.347. The number of amides is 3. The summed E-state index contributed by atoms with van der Waals surface area (Å²) in [5.41, 5.74) is 4.68. The molecule has 0 aromatic carbocycles. The average Bonchev–Trinajstić information content (AvgIpc) is 3.21. The minimum absolute atomic E-state index is 0. The van der Waals surface area contributed by atoms with Crippen molar-refractivity contribution < 1.29 is 41.1 Å². The molecule has 0 unspecified atom stereocenters. The van der Waals surface area contributed by atoms with Crippen LogP contribution in [0.15, 0.2) is 39.2 Å². The van der Waals surface area contributed by atoms with E-state index in [2.05, 4.69) is 20.0 Å². The molecule has 30 heavy (non-hydrogen) atoms. The SMILES string of the molecule is CO/N=C(/C(=O)N[C@@H]1C(=O)N2C(C(=O)O)=C(COC(N)=O)CS[C@H]12)c1ccco1.[H-].[H-].[Mg+2]. The topological polar surface area (TPSA) is 174 Å². The van der Waals surface area contributed by atoms with Crippen molar-refractivity contribution in [2.24, 2.45) is 10.9 Å². The molecular weight excluding hydrogens is 433 g/mol. The van der Waals surface area contributed by atoms with Gasteiger partial charge < -0.3 is 33.0 Å². The molecule has 4 N–H and O–H groups in total. The summed E-state index contributed by atoms with van der Waals surface area (Å²) < 4.78 is 9.79. The number of oxime groups is 1. The number of carbonyl (C=O) groups is 4. The zero-order valence-electron chi connectivity index (χ0n) is 17.7. The Kier molecular flexibility index (Phi) is 7.74. The largest absolute Gasteiger partial charge is 2.00 e. The van der Waals surface area contributed by atoms with E-state index in [-0.39, 0.29) is 61.0 Å². The van der Waals surface area contributed by atoms with Gasteiger partial charge in [-0.3, -0.25) is 14.5 Å². The molecule has 0 saturated carbocycles. The van der Waals surface area contributed by atoms with Gasteiger partial charge in [0.1, 0.15) is 30.8 Å². The molecule has 12 nitrogen and oxygen atoms in total. The number of fused-ring (bicyclic) bond motifs is 1. The molecular formula is C16H18MgN4O8S. The molecule has 14 heteroatoms. The van der Waals surface area contributed by atoms with Crippen molar-refractivity contribution in [3.8, 4) is 0 Å². The number of hydrogen-bond donors (Lipinski definition) is 3. The number of nitrogens with two attached hydrogens (primary N) is 1. The van der Waals surface area contributed by atoms with Crippen molar-refractivity contribution in [1.82, 2.24) is 10.2 Å². The number of β-lactam (4-membered cyclic amide) rings is 1. The van der Waals surface area contributed by atoms with Crippen LogP contribution in [0.3, 0.4) is 0 Å². The van der Waals surface area contributed by atoms with Crippen LogP contribution in [0.2, 0.25) is 0 Å². The van der Waals surface area contributed by atoms with E-state index in [9.17, 15) is 24.3 Å². The minimum Gasteiger partial charge on any atom is -1.00 e. The van der Waals surface area contributed by atoms with Crippen molar-refractivity contribution in [2.45, 2.75) is 11.4 Å². The zero-order chi connectivity index (χ0) is 21.1. The molecule has 0 radical (unpaired) electrons. The smallest absolute Gasteiger partial charge is 1.00 e. The molecule has 1 aromatic rings. The van der Waals surface area contributed by atoms with Gasteiger partial charge in [0.25, 0.3) is 11.8 Å². The number of carboxylic acids is 1. The van der Waals surface area contributed by atoms with E-state index in [1.54, 1.807) is 6.07 Å². The number of nitrogens with one attached hydrogen (secondary N) is 1. The van der Waals surface area contributed by atoms with Crippen molar-refractivity contribution in [2.75, 3.05) is 19.5 Å². The fourth-order valence-corrected chi connectivity index (χ4v) is 4.19.